The number of rotatable bonds is 17. The Balaban J connectivity index is 1.96. The molecule has 1 rings (SSSR count). The monoisotopic (exact) mass is 376 g/mol. The highest BCUT2D eigenvalue weighted by molar-refractivity contribution is 5.99. The lowest BCUT2D eigenvalue weighted by Crippen LogP contribution is -2.26. The van der Waals surface area contributed by atoms with E-state index in [9.17, 15) is 15.0 Å². The number of carbonyl (C=O) groups excluding carboxylic acids is 1. The maximum absolute atomic E-state index is 12.1. The van der Waals surface area contributed by atoms with Crippen LogP contribution in [-0.4, -0.2) is 28.2 Å². The standard InChI is InChI=1S/C24H40O3/c1-2-3-4-5-6-7-8-9-10-11-12-16-19-22(25)20-23(26)24(27)21-17-14-13-15-18-21/h13-15,17-18,22-23,25-26H,2-12,16,19-20H2,1H3. The number of aliphatic hydroxyl groups excluding tert-OH is 2. The van der Waals surface area contributed by atoms with Gasteiger partial charge in [-0.15, -0.1) is 0 Å². The summed E-state index contributed by atoms with van der Waals surface area (Å²) < 4.78 is 0. The molecule has 3 nitrogen and oxygen atoms in total. The second kappa shape index (κ2) is 15.8. The quantitative estimate of drug-likeness (QED) is 0.256. The van der Waals surface area contributed by atoms with E-state index in [1.165, 1.54) is 64.2 Å². The number of Topliss-reactive ketones (excluding diaryl/α,β-unsaturated/α-hetero) is 1. The zero-order valence-corrected chi connectivity index (χ0v) is 17.2. The van der Waals surface area contributed by atoms with E-state index in [4.69, 9.17) is 0 Å². The van der Waals surface area contributed by atoms with Crippen molar-refractivity contribution >= 4 is 5.78 Å². The maximum atomic E-state index is 12.1. The fourth-order valence-electron chi connectivity index (χ4n) is 3.50. The van der Waals surface area contributed by atoms with E-state index in [0.29, 0.717) is 12.0 Å². The van der Waals surface area contributed by atoms with Gasteiger partial charge < -0.3 is 10.2 Å². The third-order valence-electron chi connectivity index (χ3n) is 5.25. The van der Waals surface area contributed by atoms with Crippen LogP contribution in [0.2, 0.25) is 0 Å². The Morgan fingerprint density at radius 3 is 1.78 bits per heavy atom. The van der Waals surface area contributed by atoms with Crippen molar-refractivity contribution in [2.75, 3.05) is 0 Å². The summed E-state index contributed by atoms with van der Waals surface area (Å²) in [4.78, 5) is 12.1. The lowest BCUT2D eigenvalue weighted by molar-refractivity contribution is 0.0533. The van der Waals surface area contributed by atoms with Gasteiger partial charge in [-0.2, -0.15) is 0 Å². The van der Waals surface area contributed by atoms with Crippen molar-refractivity contribution in [3.8, 4) is 0 Å². The van der Waals surface area contributed by atoms with E-state index in [-0.39, 0.29) is 12.2 Å². The van der Waals surface area contributed by atoms with Crippen LogP contribution in [0.15, 0.2) is 30.3 Å². The van der Waals surface area contributed by atoms with Crippen LogP contribution in [0.25, 0.3) is 0 Å². The zero-order chi connectivity index (χ0) is 19.7. The average Bonchev–Trinajstić information content (AvgIpc) is 2.68. The summed E-state index contributed by atoms with van der Waals surface area (Å²) in [5.74, 6) is -0.302. The number of unbranched alkanes of at least 4 members (excludes halogenated alkanes) is 11. The number of hydrogen-bond acceptors (Lipinski definition) is 3. The summed E-state index contributed by atoms with van der Waals surface area (Å²) in [6.45, 7) is 2.26. The molecule has 3 heteroatoms. The molecule has 0 radical (unpaired) electrons. The highest BCUT2D eigenvalue weighted by Crippen LogP contribution is 2.15. The van der Waals surface area contributed by atoms with Gasteiger partial charge in [-0.1, -0.05) is 114 Å². The lowest BCUT2D eigenvalue weighted by Gasteiger charge is -2.15. The molecule has 0 saturated carbocycles. The van der Waals surface area contributed by atoms with Gasteiger partial charge in [0.2, 0.25) is 0 Å². The molecule has 0 aliphatic carbocycles. The Labute approximate surface area is 166 Å². The minimum atomic E-state index is -1.11. The number of hydrogen-bond donors (Lipinski definition) is 2. The molecule has 2 unspecified atom stereocenters. The van der Waals surface area contributed by atoms with Crippen LogP contribution in [0.3, 0.4) is 0 Å². The van der Waals surface area contributed by atoms with Crippen LogP contribution in [0.4, 0.5) is 0 Å². The Morgan fingerprint density at radius 1 is 0.778 bits per heavy atom. The highest BCUT2D eigenvalue weighted by atomic mass is 16.3. The van der Waals surface area contributed by atoms with Crippen LogP contribution in [-0.2, 0) is 0 Å². The first kappa shape index (κ1) is 23.8. The molecular weight excluding hydrogens is 336 g/mol. The van der Waals surface area contributed by atoms with Crippen LogP contribution < -0.4 is 0 Å². The molecular formula is C24H40O3. The summed E-state index contributed by atoms with van der Waals surface area (Å²) in [5, 5.41) is 20.1. The van der Waals surface area contributed by atoms with Crippen molar-refractivity contribution < 1.29 is 15.0 Å². The smallest absolute Gasteiger partial charge is 0.191 e. The van der Waals surface area contributed by atoms with Gasteiger partial charge in [0.25, 0.3) is 0 Å². The van der Waals surface area contributed by atoms with Gasteiger partial charge in [-0.3, -0.25) is 4.79 Å². The van der Waals surface area contributed by atoms with E-state index in [2.05, 4.69) is 6.92 Å². The summed E-state index contributed by atoms with van der Waals surface area (Å²) in [5.41, 5.74) is 0.502. The predicted octanol–water partition coefficient (Wildman–Crippen LogP) is 6.07. The van der Waals surface area contributed by atoms with E-state index in [1.54, 1.807) is 24.3 Å². The molecule has 1 aromatic rings. The van der Waals surface area contributed by atoms with E-state index in [1.807, 2.05) is 6.07 Å². The number of ketones is 1. The molecule has 0 aliphatic rings. The van der Waals surface area contributed by atoms with Crippen LogP contribution >= 0.6 is 0 Å². The molecule has 0 saturated heterocycles. The minimum absolute atomic E-state index is 0.131. The largest absolute Gasteiger partial charge is 0.393 e. The fourth-order valence-corrected chi connectivity index (χ4v) is 3.50. The molecule has 154 valence electrons. The zero-order valence-electron chi connectivity index (χ0n) is 17.2. The normalized spacial score (nSPS) is 13.4. The summed E-state index contributed by atoms with van der Waals surface area (Å²) in [6.07, 6.45) is 14.6. The van der Waals surface area contributed by atoms with Gasteiger partial charge in [0.05, 0.1) is 6.10 Å². The molecule has 0 aromatic heterocycles. The second-order valence-electron chi connectivity index (χ2n) is 7.81. The van der Waals surface area contributed by atoms with Crippen molar-refractivity contribution in [1.82, 2.24) is 0 Å². The summed E-state index contributed by atoms with van der Waals surface area (Å²) in [6, 6.07) is 8.80. The maximum Gasteiger partial charge on any atom is 0.191 e. The van der Waals surface area contributed by atoms with Gasteiger partial charge in [0, 0.05) is 12.0 Å². The molecule has 0 aliphatic heterocycles. The van der Waals surface area contributed by atoms with Crippen molar-refractivity contribution in [2.45, 2.75) is 109 Å². The van der Waals surface area contributed by atoms with Crippen molar-refractivity contribution in [3.63, 3.8) is 0 Å². The van der Waals surface area contributed by atoms with Crippen molar-refractivity contribution in [1.29, 1.82) is 0 Å². The van der Waals surface area contributed by atoms with Gasteiger partial charge in [-0.05, 0) is 6.42 Å². The Bertz CT molecular complexity index is 472. The van der Waals surface area contributed by atoms with Crippen molar-refractivity contribution in [2.24, 2.45) is 0 Å². The molecule has 0 amide bonds. The Hall–Kier alpha value is -1.19. The average molecular weight is 377 g/mol. The molecule has 2 N–H and O–H groups in total. The summed E-state index contributed by atoms with van der Waals surface area (Å²) in [7, 11) is 0. The number of aliphatic hydroxyl groups is 2. The van der Waals surface area contributed by atoms with E-state index in [0.717, 1.165) is 12.8 Å². The fraction of sp³-hybridized carbons (Fsp3) is 0.708. The topological polar surface area (TPSA) is 57.5 Å². The molecule has 27 heavy (non-hydrogen) atoms. The molecule has 0 spiro atoms. The van der Waals surface area contributed by atoms with Gasteiger partial charge in [-0.25, -0.2) is 0 Å². The first-order valence-electron chi connectivity index (χ1n) is 11.1. The third-order valence-corrected chi connectivity index (χ3v) is 5.25. The van der Waals surface area contributed by atoms with E-state index < -0.39 is 12.2 Å². The van der Waals surface area contributed by atoms with Gasteiger partial charge >= 0.3 is 0 Å². The van der Waals surface area contributed by atoms with Gasteiger partial charge in [0.15, 0.2) is 5.78 Å². The molecule has 1 aromatic carbocycles. The third kappa shape index (κ3) is 12.0. The Morgan fingerprint density at radius 2 is 1.26 bits per heavy atom. The summed E-state index contributed by atoms with van der Waals surface area (Å²) >= 11 is 0. The SMILES string of the molecule is CCCCCCCCCCCCCCC(O)CC(O)C(=O)c1ccccc1. The van der Waals surface area contributed by atoms with Crippen LogP contribution in [0.1, 0.15) is 107 Å². The number of carbonyl (C=O) groups is 1. The lowest BCUT2D eigenvalue weighted by atomic mass is 9.98. The number of benzene rings is 1. The predicted molar refractivity (Wildman–Crippen MR) is 113 cm³/mol. The first-order chi connectivity index (χ1) is 13.1. The minimum Gasteiger partial charge on any atom is -0.393 e. The highest BCUT2D eigenvalue weighted by Gasteiger charge is 2.20. The van der Waals surface area contributed by atoms with E-state index >= 15 is 0 Å². The molecule has 0 fully saturated rings. The van der Waals surface area contributed by atoms with Crippen LogP contribution in [0.5, 0.6) is 0 Å². The van der Waals surface area contributed by atoms with Crippen molar-refractivity contribution in [3.05, 3.63) is 35.9 Å². The first-order valence-corrected chi connectivity index (χ1v) is 11.1. The second-order valence-corrected chi connectivity index (χ2v) is 7.81. The molecule has 2 atom stereocenters. The van der Waals surface area contributed by atoms with Crippen LogP contribution in [0, 0.1) is 0 Å². The molecule has 0 heterocycles. The Kier molecular flexibility index (Phi) is 14.0. The molecule has 0 bridgehead atoms. The van der Waals surface area contributed by atoms with Gasteiger partial charge in [0.1, 0.15) is 6.10 Å².